The van der Waals surface area contributed by atoms with Crippen LogP contribution in [0, 0.1) is 19.3 Å². The van der Waals surface area contributed by atoms with Gasteiger partial charge in [0, 0.05) is 16.8 Å². The molecule has 0 bridgehead atoms. The van der Waals surface area contributed by atoms with E-state index in [1.807, 2.05) is 13.0 Å². The van der Waals surface area contributed by atoms with Crippen LogP contribution in [0.1, 0.15) is 39.3 Å². The maximum absolute atomic E-state index is 13.0. The van der Waals surface area contributed by atoms with Crippen LogP contribution in [0.5, 0.6) is 5.75 Å². The maximum atomic E-state index is 13.0. The normalized spacial score (nSPS) is 9.63. The highest BCUT2D eigenvalue weighted by Gasteiger charge is 2.20. The lowest BCUT2D eigenvalue weighted by molar-refractivity contribution is 0.102. The minimum Gasteiger partial charge on any atom is -0.495 e. The number of ether oxygens (including phenoxy) is 1. The lowest BCUT2D eigenvalue weighted by atomic mass is 10.1. The molecule has 0 aliphatic heterocycles. The van der Waals surface area contributed by atoms with Gasteiger partial charge in [-0.15, -0.1) is 6.42 Å². The molecule has 3 aromatic carbocycles. The molecule has 0 spiro atoms. The quantitative estimate of drug-likeness (QED) is 0.584. The number of rotatable bonds is 5. The van der Waals surface area contributed by atoms with Gasteiger partial charge in [0.15, 0.2) is 0 Å². The number of methoxy groups -OCH3 is 1. The Bertz CT molecular complexity index is 1080. The first-order valence-electron chi connectivity index (χ1n) is 8.95. The van der Waals surface area contributed by atoms with E-state index in [4.69, 9.17) is 11.2 Å². The first kappa shape index (κ1) is 22.3. The molecule has 0 unspecified atom stereocenters. The summed E-state index contributed by atoms with van der Waals surface area (Å²) in [5.74, 6) is 2.23. The van der Waals surface area contributed by atoms with Crippen molar-refractivity contribution >= 4 is 23.2 Å². The van der Waals surface area contributed by atoms with E-state index >= 15 is 0 Å². The minimum absolute atomic E-state index is 0. The highest BCUT2D eigenvalue weighted by molar-refractivity contribution is 6.13. The van der Waals surface area contributed by atoms with Gasteiger partial charge in [-0.25, -0.2) is 0 Å². The molecule has 2 amide bonds. The van der Waals surface area contributed by atoms with E-state index in [0.29, 0.717) is 28.3 Å². The average Bonchev–Trinajstić information content (AvgIpc) is 2.75. The number of terminal acetylenes is 1. The third kappa shape index (κ3) is 5.06. The van der Waals surface area contributed by atoms with Crippen LogP contribution in [0.2, 0.25) is 0 Å². The zero-order chi connectivity index (χ0) is 20.8. The van der Waals surface area contributed by atoms with Crippen LogP contribution in [-0.4, -0.2) is 18.9 Å². The number of carbonyl (C=O) groups is 2. The summed E-state index contributed by atoms with van der Waals surface area (Å²) < 4.78 is 5.42. The average molecular weight is 400 g/mol. The second-order valence-electron chi connectivity index (χ2n) is 6.39. The minimum atomic E-state index is -0.371. The highest BCUT2D eigenvalue weighted by Crippen LogP contribution is 2.31. The van der Waals surface area contributed by atoms with Crippen LogP contribution in [0.4, 0.5) is 11.4 Å². The van der Waals surface area contributed by atoms with Crippen LogP contribution in [0.15, 0.2) is 66.7 Å². The summed E-state index contributed by atoms with van der Waals surface area (Å²) in [5.41, 5.74) is 3.22. The molecular weight excluding hydrogens is 376 g/mol. The highest BCUT2D eigenvalue weighted by atomic mass is 16.5. The van der Waals surface area contributed by atoms with E-state index in [1.165, 1.54) is 7.11 Å². The van der Waals surface area contributed by atoms with Crippen LogP contribution < -0.4 is 15.4 Å². The van der Waals surface area contributed by atoms with Gasteiger partial charge in [0.25, 0.3) is 11.8 Å². The summed E-state index contributed by atoms with van der Waals surface area (Å²) in [6, 6.07) is 19.2. The Morgan fingerprint density at radius 1 is 0.933 bits per heavy atom. The van der Waals surface area contributed by atoms with Crippen molar-refractivity contribution in [3.05, 3.63) is 89.0 Å². The zero-order valence-corrected chi connectivity index (χ0v) is 16.2. The standard InChI is InChI=1S/C24H20N2O3.CH4/c1-4-17-10-12-19(13-11-17)25-24(28)20-14-16(2)15-21(29-3)22(20)26-23(27)18-8-6-5-7-9-18;/h1,5-15H,2-3H3,(H,25,28)(H,26,27);1H4. The van der Waals surface area contributed by atoms with Crippen molar-refractivity contribution in [2.24, 2.45) is 0 Å². The van der Waals surface area contributed by atoms with Crippen molar-refractivity contribution in [1.29, 1.82) is 0 Å². The molecule has 0 radical (unpaired) electrons. The molecule has 3 aromatic rings. The van der Waals surface area contributed by atoms with E-state index in [2.05, 4.69) is 16.6 Å². The zero-order valence-electron chi connectivity index (χ0n) is 16.2. The Balaban J connectivity index is 0.00000320. The van der Waals surface area contributed by atoms with E-state index in [-0.39, 0.29) is 19.2 Å². The summed E-state index contributed by atoms with van der Waals surface area (Å²) in [4.78, 5) is 25.6. The summed E-state index contributed by atoms with van der Waals surface area (Å²) >= 11 is 0. The van der Waals surface area contributed by atoms with Crippen LogP contribution in [-0.2, 0) is 0 Å². The molecule has 0 heterocycles. The van der Waals surface area contributed by atoms with E-state index < -0.39 is 0 Å². The summed E-state index contributed by atoms with van der Waals surface area (Å²) in [5, 5.41) is 5.63. The van der Waals surface area contributed by atoms with Gasteiger partial charge in [-0.1, -0.05) is 31.5 Å². The molecule has 0 aliphatic rings. The number of hydrogen-bond donors (Lipinski definition) is 2. The van der Waals surface area contributed by atoms with Crippen molar-refractivity contribution in [3.8, 4) is 18.1 Å². The van der Waals surface area contributed by atoms with Crippen molar-refractivity contribution in [2.75, 3.05) is 17.7 Å². The van der Waals surface area contributed by atoms with Crippen LogP contribution >= 0.6 is 0 Å². The molecule has 5 heteroatoms. The fraction of sp³-hybridized carbons (Fsp3) is 0.120. The number of amides is 2. The Hall–Kier alpha value is -4.04. The monoisotopic (exact) mass is 400 g/mol. The van der Waals surface area contributed by atoms with Gasteiger partial charge in [0.2, 0.25) is 0 Å². The molecular formula is C25H24N2O3. The van der Waals surface area contributed by atoms with E-state index in [0.717, 1.165) is 11.1 Å². The second-order valence-corrected chi connectivity index (χ2v) is 6.39. The Morgan fingerprint density at radius 2 is 1.60 bits per heavy atom. The number of nitrogens with one attached hydrogen (secondary N) is 2. The van der Waals surface area contributed by atoms with Crippen LogP contribution in [0.25, 0.3) is 0 Å². The van der Waals surface area contributed by atoms with Crippen molar-refractivity contribution in [2.45, 2.75) is 14.4 Å². The topological polar surface area (TPSA) is 67.4 Å². The lowest BCUT2D eigenvalue weighted by Gasteiger charge is -2.16. The fourth-order valence-electron chi connectivity index (χ4n) is 2.85. The van der Waals surface area contributed by atoms with E-state index in [9.17, 15) is 9.59 Å². The molecule has 2 N–H and O–H groups in total. The molecule has 0 saturated heterocycles. The summed E-state index contributed by atoms with van der Waals surface area (Å²) in [6.07, 6.45) is 5.36. The number of anilines is 2. The van der Waals surface area contributed by atoms with Crippen molar-refractivity contribution in [3.63, 3.8) is 0 Å². The van der Waals surface area contributed by atoms with Crippen molar-refractivity contribution in [1.82, 2.24) is 0 Å². The maximum Gasteiger partial charge on any atom is 0.257 e. The number of carbonyl (C=O) groups excluding carboxylic acids is 2. The summed E-state index contributed by atoms with van der Waals surface area (Å²) in [6.45, 7) is 1.85. The van der Waals surface area contributed by atoms with Gasteiger partial charge in [0.05, 0.1) is 18.4 Å². The smallest absolute Gasteiger partial charge is 0.257 e. The van der Waals surface area contributed by atoms with Crippen LogP contribution in [0.3, 0.4) is 0 Å². The molecule has 30 heavy (non-hydrogen) atoms. The van der Waals surface area contributed by atoms with Gasteiger partial charge >= 0.3 is 0 Å². The van der Waals surface area contributed by atoms with Gasteiger partial charge in [-0.2, -0.15) is 0 Å². The lowest BCUT2D eigenvalue weighted by Crippen LogP contribution is -2.19. The second kappa shape index (κ2) is 9.94. The van der Waals surface area contributed by atoms with E-state index in [1.54, 1.807) is 60.7 Å². The Labute approximate surface area is 177 Å². The first-order chi connectivity index (χ1) is 14.0. The molecule has 0 aromatic heterocycles. The predicted molar refractivity (Wildman–Crippen MR) is 121 cm³/mol. The number of aryl methyl sites for hydroxylation is 1. The van der Waals surface area contributed by atoms with Gasteiger partial charge in [-0.05, 0) is 61.0 Å². The molecule has 0 aliphatic carbocycles. The SMILES string of the molecule is C.C#Cc1ccc(NC(=O)c2cc(C)cc(OC)c2NC(=O)c2ccccc2)cc1. The van der Waals surface area contributed by atoms with Gasteiger partial charge < -0.3 is 15.4 Å². The number of hydrogen-bond acceptors (Lipinski definition) is 3. The Morgan fingerprint density at radius 3 is 2.20 bits per heavy atom. The molecule has 0 saturated carbocycles. The Kier molecular flexibility index (Phi) is 7.38. The third-order valence-corrected chi connectivity index (χ3v) is 4.29. The molecule has 152 valence electrons. The molecule has 3 rings (SSSR count). The third-order valence-electron chi connectivity index (χ3n) is 4.29. The van der Waals surface area contributed by atoms with Gasteiger partial charge in [-0.3, -0.25) is 9.59 Å². The molecule has 0 fully saturated rings. The molecule has 5 nitrogen and oxygen atoms in total. The molecule has 0 atom stereocenters. The number of benzene rings is 3. The predicted octanol–water partition coefficient (Wildman–Crippen LogP) is 5.13. The van der Waals surface area contributed by atoms with Crippen molar-refractivity contribution < 1.29 is 14.3 Å². The first-order valence-corrected chi connectivity index (χ1v) is 8.95. The summed E-state index contributed by atoms with van der Waals surface area (Å²) in [7, 11) is 1.49. The fourth-order valence-corrected chi connectivity index (χ4v) is 2.85. The largest absolute Gasteiger partial charge is 0.495 e. The van der Waals surface area contributed by atoms with Gasteiger partial charge in [0.1, 0.15) is 5.75 Å².